The average molecular weight is 302 g/mol. The van der Waals surface area contributed by atoms with E-state index in [4.69, 9.17) is 0 Å². The van der Waals surface area contributed by atoms with E-state index in [2.05, 4.69) is 41.2 Å². The number of aryl methyl sites for hydroxylation is 3. The molecule has 0 aromatic carbocycles. The van der Waals surface area contributed by atoms with E-state index in [9.17, 15) is 0 Å². The van der Waals surface area contributed by atoms with E-state index in [1.54, 1.807) is 0 Å². The fourth-order valence-electron chi connectivity index (χ4n) is 2.87. The lowest BCUT2D eigenvalue weighted by Crippen LogP contribution is -2.16. The maximum Gasteiger partial charge on any atom is 0.225 e. The zero-order valence-corrected chi connectivity index (χ0v) is 14.6. The second kappa shape index (κ2) is 6.34. The third-order valence-corrected chi connectivity index (χ3v) is 3.88. The summed E-state index contributed by atoms with van der Waals surface area (Å²) in [6.07, 6.45) is 1.85. The Balaban J connectivity index is 2.28. The van der Waals surface area contributed by atoms with Gasteiger partial charge in [-0.15, -0.1) is 0 Å². The maximum absolute atomic E-state index is 4.60. The summed E-state index contributed by atoms with van der Waals surface area (Å²) in [6, 6.07) is 0.109. The minimum absolute atomic E-state index is 0.109. The Labute approximate surface area is 132 Å². The van der Waals surface area contributed by atoms with Gasteiger partial charge in [-0.2, -0.15) is 10.1 Å². The first-order valence-corrected chi connectivity index (χ1v) is 7.66. The Morgan fingerprint density at radius 2 is 1.95 bits per heavy atom. The highest BCUT2D eigenvalue weighted by molar-refractivity contribution is 5.48. The Bertz CT molecular complexity index is 659. The van der Waals surface area contributed by atoms with Gasteiger partial charge in [0.25, 0.3) is 0 Å². The first kappa shape index (κ1) is 16.3. The number of nitrogens with one attached hydrogen (secondary N) is 1. The summed E-state index contributed by atoms with van der Waals surface area (Å²) in [5, 5.41) is 7.98. The fourth-order valence-corrected chi connectivity index (χ4v) is 2.87. The van der Waals surface area contributed by atoms with Crippen molar-refractivity contribution in [2.75, 3.05) is 24.3 Å². The molecule has 0 spiro atoms. The van der Waals surface area contributed by atoms with Crippen LogP contribution in [0.5, 0.6) is 0 Å². The van der Waals surface area contributed by atoms with Crippen LogP contribution in [0.3, 0.4) is 0 Å². The van der Waals surface area contributed by atoms with Crippen LogP contribution in [0.2, 0.25) is 0 Å². The van der Waals surface area contributed by atoms with Gasteiger partial charge < -0.3 is 10.2 Å². The first-order valence-electron chi connectivity index (χ1n) is 7.66. The van der Waals surface area contributed by atoms with Crippen molar-refractivity contribution in [1.82, 2.24) is 19.7 Å². The van der Waals surface area contributed by atoms with Crippen molar-refractivity contribution in [2.24, 2.45) is 0 Å². The predicted molar refractivity (Wildman–Crippen MR) is 90.5 cm³/mol. The van der Waals surface area contributed by atoms with Gasteiger partial charge in [0, 0.05) is 43.7 Å². The fraction of sp³-hybridized carbons (Fsp3) is 0.562. The summed E-state index contributed by atoms with van der Waals surface area (Å²) < 4.78 is 2.03. The van der Waals surface area contributed by atoms with E-state index in [1.165, 1.54) is 11.3 Å². The molecule has 2 rings (SSSR count). The molecule has 0 radical (unpaired) electrons. The monoisotopic (exact) mass is 302 g/mol. The van der Waals surface area contributed by atoms with Crippen LogP contribution in [0.1, 0.15) is 42.4 Å². The highest BCUT2D eigenvalue weighted by Gasteiger charge is 2.18. The van der Waals surface area contributed by atoms with Crippen molar-refractivity contribution >= 4 is 11.8 Å². The molecule has 0 fully saturated rings. The van der Waals surface area contributed by atoms with E-state index in [1.807, 2.05) is 43.7 Å². The van der Waals surface area contributed by atoms with Crippen LogP contribution >= 0.6 is 0 Å². The molecule has 2 heterocycles. The summed E-state index contributed by atoms with van der Waals surface area (Å²) in [6.45, 7) is 11.3. The molecule has 0 bridgehead atoms. The van der Waals surface area contributed by atoms with Gasteiger partial charge in [0.1, 0.15) is 5.82 Å². The lowest BCUT2D eigenvalue weighted by atomic mass is 10.1. The molecule has 0 aliphatic heterocycles. The summed E-state index contributed by atoms with van der Waals surface area (Å²) in [7, 11) is 3.98. The molecule has 0 unspecified atom stereocenters. The molecule has 2 aromatic heterocycles. The van der Waals surface area contributed by atoms with Crippen LogP contribution in [0.15, 0.2) is 6.20 Å². The number of hydrogen-bond donors (Lipinski definition) is 1. The number of rotatable bonds is 5. The van der Waals surface area contributed by atoms with Crippen molar-refractivity contribution in [3.8, 4) is 0 Å². The Hall–Kier alpha value is -2.11. The maximum atomic E-state index is 4.60. The lowest BCUT2D eigenvalue weighted by molar-refractivity contribution is 0.632. The second-order valence-corrected chi connectivity index (χ2v) is 5.86. The first-order chi connectivity index (χ1) is 10.3. The highest BCUT2D eigenvalue weighted by atomic mass is 15.3. The SMILES string of the molecule is CCn1nc(C)c([C@H](C)Nc2ncc(C)c(N(C)C)n2)c1C. The summed E-state index contributed by atoms with van der Waals surface area (Å²) >= 11 is 0. The average Bonchev–Trinajstić information content (AvgIpc) is 2.75. The molecule has 120 valence electrons. The van der Waals surface area contributed by atoms with Gasteiger partial charge in [-0.05, 0) is 34.6 Å². The van der Waals surface area contributed by atoms with Gasteiger partial charge in [0.2, 0.25) is 5.95 Å². The van der Waals surface area contributed by atoms with Crippen LogP contribution in [0.25, 0.3) is 0 Å². The zero-order chi connectivity index (χ0) is 16.4. The third-order valence-electron chi connectivity index (χ3n) is 3.88. The second-order valence-electron chi connectivity index (χ2n) is 5.86. The normalized spacial score (nSPS) is 12.3. The molecule has 2 aromatic rings. The molecular weight excluding hydrogens is 276 g/mol. The quantitative estimate of drug-likeness (QED) is 0.920. The van der Waals surface area contributed by atoms with Gasteiger partial charge in [-0.25, -0.2) is 4.98 Å². The number of hydrogen-bond acceptors (Lipinski definition) is 5. The Kier molecular flexibility index (Phi) is 4.68. The summed E-state index contributed by atoms with van der Waals surface area (Å²) in [5.41, 5.74) is 4.53. The van der Waals surface area contributed by atoms with Crippen molar-refractivity contribution in [3.05, 3.63) is 28.7 Å². The highest BCUT2D eigenvalue weighted by Crippen LogP contribution is 2.25. The minimum atomic E-state index is 0.109. The number of aromatic nitrogens is 4. The van der Waals surface area contributed by atoms with E-state index in [-0.39, 0.29) is 6.04 Å². The molecule has 0 saturated carbocycles. The summed E-state index contributed by atoms with van der Waals surface area (Å²) in [5.74, 6) is 1.58. The standard InChI is InChI=1S/C16H26N6/c1-8-22-13(5)14(12(4)20-22)11(3)18-16-17-9-10(2)15(19-16)21(6)7/h9,11H,8H2,1-7H3,(H,17,18,19)/t11-/m0/s1. The number of nitrogens with zero attached hydrogens (tertiary/aromatic N) is 5. The Morgan fingerprint density at radius 3 is 2.50 bits per heavy atom. The molecule has 1 atom stereocenters. The lowest BCUT2D eigenvalue weighted by Gasteiger charge is -2.18. The van der Waals surface area contributed by atoms with Gasteiger partial charge >= 0.3 is 0 Å². The molecule has 0 amide bonds. The van der Waals surface area contributed by atoms with E-state index >= 15 is 0 Å². The molecule has 22 heavy (non-hydrogen) atoms. The van der Waals surface area contributed by atoms with Crippen LogP contribution in [0, 0.1) is 20.8 Å². The molecule has 0 aliphatic carbocycles. The zero-order valence-electron chi connectivity index (χ0n) is 14.6. The van der Waals surface area contributed by atoms with Gasteiger partial charge in [0.15, 0.2) is 0 Å². The van der Waals surface area contributed by atoms with Crippen LogP contribution in [-0.2, 0) is 6.54 Å². The molecule has 6 nitrogen and oxygen atoms in total. The predicted octanol–water partition coefficient (Wildman–Crippen LogP) is 2.86. The Morgan fingerprint density at radius 1 is 1.27 bits per heavy atom. The smallest absolute Gasteiger partial charge is 0.225 e. The van der Waals surface area contributed by atoms with E-state index < -0.39 is 0 Å². The van der Waals surface area contributed by atoms with E-state index in [0.717, 1.165) is 23.6 Å². The van der Waals surface area contributed by atoms with Crippen molar-refractivity contribution in [2.45, 2.75) is 47.2 Å². The van der Waals surface area contributed by atoms with Gasteiger partial charge in [0.05, 0.1) is 11.7 Å². The largest absolute Gasteiger partial charge is 0.362 e. The third kappa shape index (κ3) is 3.05. The minimum Gasteiger partial charge on any atom is -0.362 e. The van der Waals surface area contributed by atoms with Crippen molar-refractivity contribution < 1.29 is 0 Å². The summed E-state index contributed by atoms with van der Waals surface area (Å²) in [4.78, 5) is 11.0. The molecule has 6 heteroatoms. The van der Waals surface area contributed by atoms with Crippen LogP contribution in [0.4, 0.5) is 11.8 Å². The van der Waals surface area contributed by atoms with Gasteiger partial charge in [-0.1, -0.05) is 0 Å². The molecule has 0 saturated heterocycles. The van der Waals surface area contributed by atoms with Crippen LogP contribution in [-0.4, -0.2) is 33.8 Å². The van der Waals surface area contributed by atoms with Crippen molar-refractivity contribution in [3.63, 3.8) is 0 Å². The molecular formula is C16H26N6. The number of anilines is 2. The van der Waals surface area contributed by atoms with E-state index in [0.29, 0.717) is 5.95 Å². The van der Waals surface area contributed by atoms with Crippen LogP contribution < -0.4 is 10.2 Å². The molecule has 0 aliphatic rings. The van der Waals surface area contributed by atoms with Crippen molar-refractivity contribution in [1.29, 1.82) is 0 Å². The molecule has 1 N–H and O–H groups in total. The van der Waals surface area contributed by atoms with Gasteiger partial charge in [-0.3, -0.25) is 4.68 Å². The topological polar surface area (TPSA) is 58.9 Å².